The van der Waals surface area contributed by atoms with Crippen molar-refractivity contribution in [2.45, 2.75) is 32.4 Å². The molecule has 0 aromatic carbocycles. The largest absolute Gasteiger partial charge is 0.444 e. The van der Waals surface area contributed by atoms with Gasteiger partial charge in [0.1, 0.15) is 11.8 Å². The van der Waals surface area contributed by atoms with Gasteiger partial charge < -0.3 is 15.8 Å². The minimum absolute atomic E-state index is 0.110. The summed E-state index contributed by atoms with van der Waals surface area (Å²) in [6.07, 6.45) is 0.553. The maximum atomic E-state index is 11.4. The van der Waals surface area contributed by atoms with Crippen LogP contribution >= 0.6 is 0 Å². The molecule has 0 aliphatic rings. The number of pyridine rings is 1. The van der Waals surface area contributed by atoms with Gasteiger partial charge in [0.05, 0.1) is 16.7 Å². The first-order valence-corrected chi connectivity index (χ1v) is 6.02. The van der Waals surface area contributed by atoms with Crippen molar-refractivity contribution < 1.29 is 14.5 Å². The Labute approximate surface area is 116 Å². The van der Waals surface area contributed by atoms with E-state index in [1.165, 1.54) is 12.1 Å². The van der Waals surface area contributed by atoms with Gasteiger partial charge in [-0.05, 0) is 26.8 Å². The van der Waals surface area contributed by atoms with Gasteiger partial charge in [-0.3, -0.25) is 15.1 Å². The van der Waals surface area contributed by atoms with Crippen LogP contribution in [0.4, 0.5) is 10.5 Å². The zero-order valence-corrected chi connectivity index (χ0v) is 11.6. The number of aromatic nitrogens is 1. The van der Waals surface area contributed by atoms with Gasteiger partial charge in [-0.2, -0.15) is 0 Å². The summed E-state index contributed by atoms with van der Waals surface area (Å²) < 4.78 is 5.06. The molecule has 1 heterocycles. The lowest BCUT2D eigenvalue weighted by Gasteiger charge is -2.20. The lowest BCUT2D eigenvalue weighted by molar-refractivity contribution is -0.385. The van der Waals surface area contributed by atoms with E-state index in [2.05, 4.69) is 10.3 Å². The lowest BCUT2D eigenvalue weighted by Crippen LogP contribution is -2.36. The average molecular weight is 282 g/mol. The molecule has 1 amide bonds. The fraction of sp³-hybridized carbons (Fsp3) is 0.500. The number of alkyl carbamates (subject to hydrolysis) is 1. The lowest BCUT2D eigenvalue weighted by atomic mass is 10.2. The van der Waals surface area contributed by atoms with Crippen molar-refractivity contribution in [2.24, 2.45) is 5.73 Å². The fourth-order valence-corrected chi connectivity index (χ4v) is 1.34. The molecule has 1 unspecified atom stereocenters. The first kappa shape index (κ1) is 15.8. The number of nitrogens with one attached hydrogen (secondary N) is 1. The monoisotopic (exact) mass is 282 g/mol. The SMILES string of the molecule is CC(C)(C)OC(=O)NCC(N)c1ccc([N+](=O)[O-])cn1. The maximum Gasteiger partial charge on any atom is 0.407 e. The predicted molar refractivity (Wildman–Crippen MR) is 72.1 cm³/mol. The second-order valence-electron chi connectivity index (χ2n) is 5.19. The first-order chi connectivity index (χ1) is 9.19. The number of hydrogen-bond donors (Lipinski definition) is 2. The molecule has 0 aliphatic carbocycles. The highest BCUT2D eigenvalue weighted by Crippen LogP contribution is 2.13. The van der Waals surface area contributed by atoms with E-state index in [0.717, 1.165) is 6.20 Å². The highest BCUT2D eigenvalue weighted by Gasteiger charge is 2.17. The Morgan fingerprint density at radius 2 is 2.20 bits per heavy atom. The molecule has 20 heavy (non-hydrogen) atoms. The van der Waals surface area contributed by atoms with Gasteiger partial charge in [0.15, 0.2) is 0 Å². The molecule has 3 N–H and O–H groups in total. The van der Waals surface area contributed by atoms with Gasteiger partial charge in [0, 0.05) is 12.6 Å². The van der Waals surface area contributed by atoms with Crippen molar-refractivity contribution in [3.63, 3.8) is 0 Å². The molecule has 0 radical (unpaired) electrons. The Bertz CT molecular complexity index is 481. The summed E-state index contributed by atoms with van der Waals surface area (Å²) >= 11 is 0. The van der Waals surface area contributed by atoms with Crippen LogP contribution in [-0.2, 0) is 4.74 Å². The quantitative estimate of drug-likeness (QED) is 0.638. The van der Waals surface area contributed by atoms with E-state index in [0.29, 0.717) is 5.69 Å². The Morgan fingerprint density at radius 1 is 1.55 bits per heavy atom. The van der Waals surface area contributed by atoms with E-state index < -0.39 is 22.7 Å². The molecule has 0 fully saturated rings. The van der Waals surface area contributed by atoms with Gasteiger partial charge in [-0.25, -0.2) is 4.79 Å². The van der Waals surface area contributed by atoms with Crippen molar-refractivity contribution in [3.8, 4) is 0 Å². The van der Waals surface area contributed by atoms with Crippen molar-refractivity contribution in [2.75, 3.05) is 6.54 Å². The van der Waals surface area contributed by atoms with E-state index in [9.17, 15) is 14.9 Å². The molecule has 1 atom stereocenters. The zero-order chi connectivity index (χ0) is 15.3. The van der Waals surface area contributed by atoms with Crippen molar-refractivity contribution in [1.29, 1.82) is 0 Å². The van der Waals surface area contributed by atoms with E-state index in [1.807, 2.05) is 0 Å². The first-order valence-electron chi connectivity index (χ1n) is 6.02. The van der Waals surface area contributed by atoms with Crippen LogP contribution < -0.4 is 11.1 Å². The normalized spacial score (nSPS) is 12.6. The standard InChI is InChI=1S/C12H18N4O4/c1-12(2,3)20-11(17)15-7-9(13)10-5-4-8(6-14-10)16(18)19/h4-6,9H,7,13H2,1-3H3,(H,15,17). The Morgan fingerprint density at radius 3 is 2.65 bits per heavy atom. The zero-order valence-electron chi connectivity index (χ0n) is 11.6. The minimum atomic E-state index is -0.584. The average Bonchev–Trinajstić information content (AvgIpc) is 2.34. The van der Waals surface area contributed by atoms with Crippen LogP contribution in [0.15, 0.2) is 18.3 Å². The number of carbonyl (C=O) groups is 1. The van der Waals surface area contributed by atoms with Gasteiger partial charge in [-0.1, -0.05) is 0 Å². The molecule has 0 saturated heterocycles. The summed E-state index contributed by atoms with van der Waals surface area (Å²) in [4.78, 5) is 25.3. The number of carbonyl (C=O) groups excluding carboxylic acids is 1. The number of nitro groups is 1. The smallest absolute Gasteiger partial charge is 0.407 e. The van der Waals surface area contributed by atoms with Crippen molar-refractivity contribution in [1.82, 2.24) is 10.3 Å². The van der Waals surface area contributed by atoms with Crippen LogP contribution in [0.3, 0.4) is 0 Å². The van der Waals surface area contributed by atoms with E-state index in [4.69, 9.17) is 10.5 Å². The number of nitrogens with zero attached hydrogens (tertiary/aromatic N) is 2. The number of amides is 1. The molecule has 0 spiro atoms. The summed E-state index contributed by atoms with van der Waals surface area (Å²) in [7, 11) is 0. The van der Waals surface area contributed by atoms with Crippen LogP contribution in [-0.4, -0.2) is 28.1 Å². The van der Waals surface area contributed by atoms with Crippen molar-refractivity contribution >= 4 is 11.8 Å². The maximum absolute atomic E-state index is 11.4. The summed E-state index contributed by atoms with van der Waals surface area (Å²) in [5.74, 6) is 0. The third kappa shape index (κ3) is 5.19. The molecule has 1 rings (SSSR count). The van der Waals surface area contributed by atoms with E-state index in [-0.39, 0.29) is 12.2 Å². The summed E-state index contributed by atoms with van der Waals surface area (Å²) in [5, 5.41) is 13.0. The van der Waals surface area contributed by atoms with Crippen LogP contribution in [0.5, 0.6) is 0 Å². The number of rotatable bonds is 4. The molecule has 1 aromatic rings. The van der Waals surface area contributed by atoms with Crippen LogP contribution in [0, 0.1) is 10.1 Å². The second-order valence-corrected chi connectivity index (χ2v) is 5.19. The summed E-state index contributed by atoms with van der Waals surface area (Å²) in [6.45, 7) is 5.39. The van der Waals surface area contributed by atoms with Crippen LogP contribution in [0.25, 0.3) is 0 Å². The topological polar surface area (TPSA) is 120 Å². The highest BCUT2D eigenvalue weighted by atomic mass is 16.6. The minimum Gasteiger partial charge on any atom is -0.444 e. The predicted octanol–water partition coefficient (Wildman–Crippen LogP) is 1.51. The third-order valence-corrected chi connectivity index (χ3v) is 2.23. The van der Waals surface area contributed by atoms with Gasteiger partial charge >= 0.3 is 6.09 Å². The summed E-state index contributed by atoms with van der Waals surface area (Å²) in [6, 6.07) is 2.21. The number of hydrogen-bond acceptors (Lipinski definition) is 6. The molecule has 1 aromatic heterocycles. The van der Waals surface area contributed by atoms with Gasteiger partial charge in [0.2, 0.25) is 0 Å². The Hall–Kier alpha value is -2.22. The fourth-order valence-electron chi connectivity index (χ4n) is 1.34. The van der Waals surface area contributed by atoms with Crippen molar-refractivity contribution in [3.05, 3.63) is 34.1 Å². The van der Waals surface area contributed by atoms with Gasteiger partial charge in [0.25, 0.3) is 5.69 Å². The molecule has 110 valence electrons. The number of nitrogens with two attached hydrogens (primary N) is 1. The van der Waals surface area contributed by atoms with Crippen LogP contribution in [0.1, 0.15) is 32.5 Å². The molecular weight excluding hydrogens is 264 g/mol. The number of ether oxygens (including phenoxy) is 1. The van der Waals surface area contributed by atoms with E-state index in [1.54, 1.807) is 20.8 Å². The van der Waals surface area contributed by atoms with Crippen LogP contribution in [0.2, 0.25) is 0 Å². The molecule has 8 heteroatoms. The van der Waals surface area contributed by atoms with Gasteiger partial charge in [-0.15, -0.1) is 0 Å². The molecule has 0 bridgehead atoms. The summed E-state index contributed by atoms with van der Waals surface area (Å²) in [5.41, 5.74) is 5.59. The Balaban J connectivity index is 2.52. The molecule has 0 aliphatic heterocycles. The Kier molecular flexibility index (Phi) is 4.98. The second kappa shape index (κ2) is 6.29. The van der Waals surface area contributed by atoms with E-state index >= 15 is 0 Å². The third-order valence-electron chi connectivity index (χ3n) is 2.23. The highest BCUT2D eigenvalue weighted by molar-refractivity contribution is 5.67. The molecule has 0 saturated carbocycles. The molecular formula is C12H18N4O4. The molecule has 8 nitrogen and oxygen atoms in total.